The molecule has 0 aliphatic carbocycles. The van der Waals surface area contributed by atoms with Crippen molar-refractivity contribution in [3.8, 4) is 0 Å². The molecule has 13 heteroatoms. The van der Waals surface area contributed by atoms with Crippen LogP contribution in [0.4, 0.5) is 24.5 Å². The molecule has 1 aliphatic heterocycles. The van der Waals surface area contributed by atoms with Gasteiger partial charge in [-0.25, -0.2) is 18.6 Å². The van der Waals surface area contributed by atoms with Crippen LogP contribution >= 0.6 is 12.2 Å². The average molecular weight is 534 g/mol. The van der Waals surface area contributed by atoms with E-state index < -0.39 is 27.7 Å². The molecule has 0 atom stereocenters. The van der Waals surface area contributed by atoms with Gasteiger partial charge in [0.1, 0.15) is 0 Å². The number of para-hydroxylation sites is 1. The Bertz CT molecular complexity index is 1490. The number of thiocarbonyl (C=S) groups is 1. The molecule has 1 aliphatic rings. The van der Waals surface area contributed by atoms with Gasteiger partial charge in [0, 0.05) is 5.56 Å². The van der Waals surface area contributed by atoms with Crippen molar-refractivity contribution in [2.24, 2.45) is 16.0 Å². The number of hydrogen-bond donors (Lipinski definition) is 2. The Morgan fingerprint density at radius 2 is 1.69 bits per heavy atom. The molecule has 1 amide bonds. The van der Waals surface area contributed by atoms with Crippen molar-refractivity contribution in [1.29, 1.82) is 0 Å². The lowest BCUT2D eigenvalue weighted by Crippen LogP contribution is -2.35. The van der Waals surface area contributed by atoms with Crippen LogP contribution in [0, 0.1) is 0 Å². The highest BCUT2D eigenvalue weighted by molar-refractivity contribution is 7.89. The van der Waals surface area contributed by atoms with Gasteiger partial charge >= 0.3 is 6.18 Å². The molecule has 0 fully saturated rings. The van der Waals surface area contributed by atoms with Gasteiger partial charge in [0.2, 0.25) is 10.0 Å². The fourth-order valence-corrected chi connectivity index (χ4v) is 4.44. The largest absolute Gasteiger partial charge is 0.418 e. The molecule has 0 unspecified atom stereocenters. The molecule has 4 rings (SSSR count). The number of rotatable bonds is 5. The number of nitrogens with zero attached hydrogens (tertiary/aromatic N) is 3. The summed E-state index contributed by atoms with van der Waals surface area (Å²) in [6.07, 6.45) is -4.75. The molecule has 8 nitrogen and oxygen atoms in total. The Morgan fingerprint density at radius 1 is 1.03 bits per heavy atom. The lowest BCUT2D eigenvalue weighted by molar-refractivity contribution is -0.137. The first-order valence-electron chi connectivity index (χ1n) is 10.3. The van der Waals surface area contributed by atoms with E-state index in [1.165, 1.54) is 30.3 Å². The molecular weight excluding hydrogens is 515 g/mol. The van der Waals surface area contributed by atoms with Crippen LogP contribution in [0.5, 0.6) is 0 Å². The van der Waals surface area contributed by atoms with Gasteiger partial charge < -0.3 is 10.6 Å². The van der Waals surface area contributed by atoms with Crippen LogP contribution in [-0.4, -0.2) is 25.1 Å². The number of anilines is 2. The number of halogens is 3. The third-order valence-electron chi connectivity index (χ3n) is 5.30. The van der Waals surface area contributed by atoms with Crippen LogP contribution in [0.3, 0.4) is 0 Å². The summed E-state index contributed by atoms with van der Waals surface area (Å²) in [5.41, 5.74) is 4.66. The Hall–Kier alpha value is -3.81. The first-order chi connectivity index (χ1) is 16.9. The number of benzene rings is 3. The van der Waals surface area contributed by atoms with E-state index in [1.807, 2.05) is 0 Å². The Balaban J connectivity index is 1.89. The summed E-state index contributed by atoms with van der Waals surface area (Å²) in [5, 5.41) is 9.90. The van der Waals surface area contributed by atoms with E-state index in [4.69, 9.17) is 23.1 Å². The first kappa shape index (κ1) is 25.3. The maximum absolute atomic E-state index is 13.9. The zero-order chi connectivity index (χ0) is 26.3. The standard InChI is InChI=1S/C23H18F3N5O3S2/c24-23(25,26)18-11-5-10-17-19(21(32)30(20(17)18)13-14-6-2-1-3-7-14)29-31(22(27)35)15-8-4-9-16(12-15)36(28,33)34/h1-12H,13H2,(H2,27,35)(H2,28,33,34)/b29-19-. The maximum atomic E-state index is 13.9. The van der Waals surface area contributed by atoms with Crippen LogP contribution in [0.1, 0.15) is 16.7 Å². The number of sulfonamides is 1. The number of primary sulfonamides is 1. The van der Waals surface area contributed by atoms with Crippen molar-refractivity contribution < 1.29 is 26.4 Å². The topological polar surface area (TPSA) is 122 Å². The number of amides is 1. The molecule has 4 N–H and O–H groups in total. The van der Waals surface area contributed by atoms with Crippen LogP contribution in [0.25, 0.3) is 0 Å². The van der Waals surface area contributed by atoms with Gasteiger partial charge in [-0.15, -0.1) is 0 Å². The number of carbonyl (C=O) groups excluding carboxylic acids is 1. The van der Waals surface area contributed by atoms with E-state index in [2.05, 4.69) is 5.10 Å². The summed E-state index contributed by atoms with van der Waals surface area (Å²) in [7, 11) is -4.10. The van der Waals surface area contributed by atoms with Crippen molar-refractivity contribution in [2.45, 2.75) is 17.6 Å². The minimum Gasteiger partial charge on any atom is -0.374 e. The Kier molecular flexibility index (Phi) is 6.56. The quantitative estimate of drug-likeness (QED) is 0.383. The van der Waals surface area contributed by atoms with Crippen LogP contribution in [-0.2, 0) is 27.5 Å². The second-order valence-corrected chi connectivity index (χ2v) is 9.70. The maximum Gasteiger partial charge on any atom is 0.418 e. The molecular formula is C23H18F3N5O3S2. The fourth-order valence-electron chi connectivity index (χ4n) is 3.74. The molecule has 186 valence electrons. The van der Waals surface area contributed by atoms with Gasteiger partial charge in [-0.1, -0.05) is 48.5 Å². The van der Waals surface area contributed by atoms with Crippen LogP contribution in [0.2, 0.25) is 0 Å². The molecule has 0 saturated carbocycles. The van der Waals surface area contributed by atoms with Crippen LogP contribution in [0.15, 0.2) is 82.8 Å². The van der Waals surface area contributed by atoms with Crippen molar-refractivity contribution in [3.63, 3.8) is 0 Å². The number of fused-ring (bicyclic) bond motifs is 1. The number of alkyl halides is 3. The van der Waals surface area contributed by atoms with E-state index in [0.717, 1.165) is 22.0 Å². The highest BCUT2D eigenvalue weighted by Crippen LogP contribution is 2.42. The lowest BCUT2D eigenvalue weighted by Gasteiger charge is -2.21. The Morgan fingerprint density at radius 3 is 2.31 bits per heavy atom. The number of hydrazone groups is 1. The van der Waals surface area contributed by atoms with E-state index in [9.17, 15) is 26.4 Å². The minimum atomic E-state index is -4.75. The molecule has 0 saturated heterocycles. The zero-order valence-electron chi connectivity index (χ0n) is 18.3. The van der Waals surface area contributed by atoms with Gasteiger partial charge in [0.15, 0.2) is 10.8 Å². The van der Waals surface area contributed by atoms with E-state index in [0.29, 0.717) is 5.56 Å². The van der Waals surface area contributed by atoms with Gasteiger partial charge in [0.25, 0.3) is 5.91 Å². The molecule has 3 aromatic carbocycles. The normalized spacial score (nSPS) is 14.7. The predicted octanol–water partition coefficient (Wildman–Crippen LogP) is 3.35. The smallest absolute Gasteiger partial charge is 0.374 e. The van der Waals surface area contributed by atoms with Crippen molar-refractivity contribution in [1.82, 2.24) is 0 Å². The monoisotopic (exact) mass is 533 g/mol. The van der Waals surface area contributed by atoms with Gasteiger partial charge in [-0.3, -0.25) is 4.79 Å². The molecule has 3 aromatic rings. The summed E-state index contributed by atoms with van der Waals surface area (Å²) >= 11 is 5.04. The van der Waals surface area contributed by atoms with Crippen molar-refractivity contribution in [2.75, 3.05) is 9.91 Å². The van der Waals surface area contributed by atoms with E-state index in [-0.39, 0.29) is 39.2 Å². The summed E-state index contributed by atoms with van der Waals surface area (Å²) in [5.74, 6) is -0.811. The molecule has 0 bridgehead atoms. The van der Waals surface area contributed by atoms with Gasteiger partial charge in [-0.2, -0.15) is 18.3 Å². The molecule has 0 radical (unpaired) electrons. The summed E-state index contributed by atoms with van der Waals surface area (Å²) in [4.78, 5) is 14.2. The SMILES string of the molecule is NC(=S)N(/N=C1\C(=O)N(Cc2ccccc2)c2c1cccc2C(F)(F)F)c1cccc(S(N)(=O)=O)c1. The third kappa shape index (κ3) is 4.94. The molecule has 0 spiro atoms. The zero-order valence-corrected chi connectivity index (χ0v) is 19.9. The predicted molar refractivity (Wildman–Crippen MR) is 133 cm³/mol. The summed E-state index contributed by atoms with van der Waals surface area (Å²) in [6, 6.07) is 17.0. The van der Waals surface area contributed by atoms with Gasteiger partial charge in [-0.05, 0) is 42.0 Å². The second kappa shape index (κ2) is 9.33. The van der Waals surface area contributed by atoms with E-state index >= 15 is 0 Å². The molecule has 1 heterocycles. The molecule has 0 aromatic heterocycles. The van der Waals surface area contributed by atoms with E-state index in [1.54, 1.807) is 30.3 Å². The van der Waals surface area contributed by atoms with Crippen molar-refractivity contribution >= 4 is 50.3 Å². The second-order valence-electron chi connectivity index (χ2n) is 7.72. The van der Waals surface area contributed by atoms with Gasteiger partial charge in [0.05, 0.1) is 28.4 Å². The highest BCUT2D eigenvalue weighted by atomic mass is 32.2. The van der Waals surface area contributed by atoms with Crippen LogP contribution < -0.4 is 20.8 Å². The highest BCUT2D eigenvalue weighted by Gasteiger charge is 2.43. The first-order valence-corrected chi connectivity index (χ1v) is 12.2. The number of carbonyl (C=O) groups is 1. The molecule has 36 heavy (non-hydrogen) atoms. The Labute approximate surface area is 209 Å². The summed E-state index contributed by atoms with van der Waals surface area (Å²) in [6.45, 7) is -0.146. The fraction of sp³-hybridized carbons (Fsp3) is 0.0870. The number of hydrogen-bond acceptors (Lipinski definition) is 5. The average Bonchev–Trinajstić information content (AvgIpc) is 3.07. The summed E-state index contributed by atoms with van der Waals surface area (Å²) < 4.78 is 65.3. The number of nitrogens with two attached hydrogens (primary N) is 2. The minimum absolute atomic E-state index is 0.0457. The third-order valence-corrected chi connectivity index (χ3v) is 6.38. The lowest BCUT2D eigenvalue weighted by atomic mass is 10.1. The van der Waals surface area contributed by atoms with Crippen molar-refractivity contribution in [3.05, 3.63) is 89.5 Å².